The Hall–Kier alpha value is -2.64. The van der Waals surface area contributed by atoms with Crippen LogP contribution < -0.4 is 10.0 Å². The van der Waals surface area contributed by atoms with E-state index in [9.17, 15) is 13.2 Å². The van der Waals surface area contributed by atoms with Gasteiger partial charge in [0.2, 0.25) is 0 Å². The summed E-state index contributed by atoms with van der Waals surface area (Å²) in [6, 6.07) is 18.7. The van der Waals surface area contributed by atoms with E-state index in [1.807, 2.05) is 19.1 Å². The van der Waals surface area contributed by atoms with Gasteiger partial charge in [-0.2, -0.15) is 0 Å². The zero-order valence-electron chi connectivity index (χ0n) is 15.4. The zero-order valence-corrected chi connectivity index (χ0v) is 17.8. The highest BCUT2D eigenvalue weighted by molar-refractivity contribution is 9.10. The molecule has 0 aliphatic rings. The van der Waals surface area contributed by atoms with Crippen LogP contribution in [0.15, 0.2) is 76.1 Å². The number of halogens is 1. The summed E-state index contributed by atoms with van der Waals surface area (Å²) < 4.78 is 28.8. The van der Waals surface area contributed by atoms with E-state index >= 15 is 0 Å². The molecule has 3 rings (SSSR count). The topological polar surface area (TPSA) is 75.3 Å². The maximum absolute atomic E-state index is 12.7. The van der Waals surface area contributed by atoms with Gasteiger partial charge in [-0.1, -0.05) is 39.7 Å². The molecule has 0 spiro atoms. The fourth-order valence-corrected chi connectivity index (χ4v) is 3.92. The number of aryl methyl sites for hydroxylation is 2. The van der Waals surface area contributed by atoms with Gasteiger partial charge in [0.15, 0.2) is 0 Å². The maximum atomic E-state index is 12.7. The number of rotatable bonds is 5. The lowest BCUT2D eigenvalue weighted by Crippen LogP contribution is -2.16. The summed E-state index contributed by atoms with van der Waals surface area (Å²) in [5.41, 5.74) is 3.06. The second-order valence-electron chi connectivity index (χ2n) is 6.41. The summed E-state index contributed by atoms with van der Waals surface area (Å²) in [6.07, 6.45) is 0. The minimum atomic E-state index is -3.75. The monoisotopic (exact) mass is 458 g/mol. The van der Waals surface area contributed by atoms with E-state index in [0.717, 1.165) is 15.6 Å². The average molecular weight is 459 g/mol. The van der Waals surface area contributed by atoms with Crippen LogP contribution >= 0.6 is 15.9 Å². The van der Waals surface area contributed by atoms with Crippen molar-refractivity contribution in [1.82, 2.24) is 0 Å². The van der Waals surface area contributed by atoms with Gasteiger partial charge in [0.05, 0.1) is 10.6 Å². The Morgan fingerprint density at radius 1 is 0.893 bits per heavy atom. The lowest BCUT2D eigenvalue weighted by Gasteiger charge is -2.13. The lowest BCUT2D eigenvalue weighted by molar-refractivity contribution is 0.102. The molecule has 0 bridgehead atoms. The molecule has 0 radical (unpaired) electrons. The van der Waals surface area contributed by atoms with Gasteiger partial charge in [-0.3, -0.25) is 9.52 Å². The van der Waals surface area contributed by atoms with Gasteiger partial charge in [0.1, 0.15) is 0 Å². The number of sulfonamides is 1. The molecule has 3 aromatic carbocycles. The van der Waals surface area contributed by atoms with Crippen molar-refractivity contribution < 1.29 is 13.2 Å². The maximum Gasteiger partial charge on any atom is 0.261 e. The largest absolute Gasteiger partial charge is 0.322 e. The first-order chi connectivity index (χ1) is 13.2. The predicted octanol–water partition coefficient (Wildman–Crippen LogP) is 5.12. The van der Waals surface area contributed by atoms with Crippen molar-refractivity contribution in [3.63, 3.8) is 0 Å². The first-order valence-electron chi connectivity index (χ1n) is 8.52. The van der Waals surface area contributed by atoms with Crippen LogP contribution in [0.2, 0.25) is 0 Å². The van der Waals surface area contributed by atoms with E-state index in [0.29, 0.717) is 16.9 Å². The van der Waals surface area contributed by atoms with Crippen LogP contribution in [0.3, 0.4) is 0 Å². The second kappa shape index (κ2) is 8.16. The summed E-state index contributed by atoms with van der Waals surface area (Å²) in [4.78, 5) is 12.7. The summed E-state index contributed by atoms with van der Waals surface area (Å²) in [5, 5.41) is 2.80. The van der Waals surface area contributed by atoms with Crippen molar-refractivity contribution in [3.05, 3.63) is 87.9 Å². The van der Waals surface area contributed by atoms with Crippen molar-refractivity contribution in [1.29, 1.82) is 0 Å². The molecule has 0 aromatic heterocycles. The van der Waals surface area contributed by atoms with Gasteiger partial charge in [-0.15, -0.1) is 0 Å². The van der Waals surface area contributed by atoms with Crippen LogP contribution in [-0.4, -0.2) is 14.3 Å². The molecular formula is C21H19BrN2O3S. The Bertz CT molecular complexity index is 1110. The molecule has 1 amide bonds. The Kier molecular flexibility index (Phi) is 5.86. The van der Waals surface area contributed by atoms with Crippen LogP contribution in [0, 0.1) is 13.8 Å². The Labute approximate surface area is 173 Å². The van der Waals surface area contributed by atoms with Crippen LogP contribution in [0.4, 0.5) is 11.4 Å². The number of hydrogen-bond acceptors (Lipinski definition) is 3. The molecule has 144 valence electrons. The summed E-state index contributed by atoms with van der Waals surface area (Å²) >= 11 is 3.35. The van der Waals surface area contributed by atoms with Crippen LogP contribution in [0.5, 0.6) is 0 Å². The highest BCUT2D eigenvalue weighted by atomic mass is 79.9. The molecule has 0 aliphatic heterocycles. The van der Waals surface area contributed by atoms with Crippen molar-refractivity contribution in [2.24, 2.45) is 0 Å². The molecule has 0 aliphatic carbocycles. The molecule has 28 heavy (non-hydrogen) atoms. The number of benzene rings is 3. The minimum absolute atomic E-state index is 0.169. The van der Waals surface area contributed by atoms with E-state index in [2.05, 4.69) is 26.0 Å². The predicted molar refractivity (Wildman–Crippen MR) is 115 cm³/mol. The molecule has 0 unspecified atom stereocenters. The summed E-state index contributed by atoms with van der Waals surface area (Å²) in [5.74, 6) is -0.321. The summed E-state index contributed by atoms with van der Waals surface area (Å²) in [7, 11) is -3.75. The number of nitrogens with one attached hydrogen (secondary N) is 2. The number of carbonyl (C=O) groups excluding carboxylic acids is 1. The van der Waals surface area contributed by atoms with Crippen LogP contribution in [0.1, 0.15) is 21.5 Å². The lowest BCUT2D eigenvalue weighted by atomic mass is 10.1. The SMILES string of the molecule is Cc1ccc(S(=O)(=O)Nc2cc(C(=O)Nc3ccc(Br)cc3)ccc2C)cc1. The fourth-order valence-electron chi connectivity index (χ4n) is 2.53. The first-order valence-corrected chi connectivity index (χ1v) is 10.8. The highest BCUT2D eigenvalue weighted by Crippen LogP contribution is 2.22. The Morgan fingerprint density at radius 2 is 1.54 bits per heavy atom. The van der Waals surface area contributed by atoms with Crippen LogP contribution in [0.25, 0.3) is 0 Å². The Balaban J connectivity index is 1.83. The third kappa shape index (κ3) is 4.79. The quantitative estimate of drug-likeness (QED) is 0.556. The van der Waals surface area contributed by atoms with Crippen LogP contribution in [-0.2, 0) is 10.0 Å². The normalized spacial score (nSPS) is 11.1. The van der Waals surface area contributed by atoms with E-state index in [1.54, 1.807) is 55.5 Å². The van der Waals surface area contributed by atoms with Gasteiger partial charge in [0.25, 0.3) is 15.9 Å². The zero-order chi connectivity index (χ0) is 20.3. The highest BCUT2D eigenvalue weighted by Gasteiger charge is 2.16. The molecule has 7 heteroatoms. The third-order valence-electron chi connectivity index (χ3n) is 4.18. The standard InChI is InChI=1S/C21H19BrN2O3S/c1-14-3-11-19(12-4-14)28(26,27)24-20-13-16(6-5-15(20)2)21(25)23-18-9-7-17(22)8-10-18/h3-13,24H,1-2H3,(H,23,25). The van der Waals surface area contributed by atoms with Crippen molar-refractivity contribution in [2.45, 2.75) is 18.7 Å². The van der Waals surface area contributed by atoms with Crippen molar-refractivity contribution >= 4 is 43.2 Å². The second-order valence-corrected chi connectivity index (χ2v) is 9.01. The number of carbonyl (C=O) groups is 1. The first kappa shape index (κ1) is 20.1. The Morgan fingerprint density at radius 3 is 2.18 bits per heavy atom. The van der Waals surface area contributed by atoms with Gasteiger partial charge in [-0.25, -0.2) is 8.42 Å². The van der Waals surface area contributed by atoms with Crippen molar-refractivity contribution in [2.75, 3.05) is 10.0 Å². The molecule has 0 heterocycles. The average Bonchev–Trinajstić information content (AvgIpc) is 2.65. The summed E-state index contributed by atoms with van der Waals surface area (Å²) in [6.45, 7) is 3.67. The van der Waals surface area contributed by atoms with Crippen molar-refractivity contribution in [3.8, 4) is 0 Å². The molecule has 5 nitrogen and oxygen atoms in total. The van der Waals surface area contributed by atoms with E-state index < -0.39 is 10.0 Å². The molecule has 0 atom stereocenters. The minimum Gasteiger partial charge on any atom is -0.322 e. The number of amides is 1. The smallest absolute Gasteiger partial charge is 0.261 e. The molecule has 0 fully saturated rings. The third-order valence-corrected chi connectivity index (χ3v) is 6.09. The van der Waals surface area contributed by atoms with E-state index in [1.165, 1.54) is 6.07 Å². The van der Waals surface area contributed by atoms with Gasteiger partial charge in [-0.05, 0) is 67.9 Å². The van der Waals surface area contributed by atoms with E-state index in [4.69, 9.17) is 0 Å². The fraction of sp³-hybridized carbons (Fsp3) is 0.0952. The van der Waals surface area contributed by atoms with Gasteiger partial charge < -0.3 is 5.32 Å². The van der Waals surface area contributed by atoms with E-state index in [-0.39, 0.29) is 10.8 Å². The molecule has 2 N–H and O–H groups in total. The number of hydrogen-bond donors (Lipinski definition) is 2. The van der Waals surface area contributed by atoms with Gasteiger partial charge in [0, 0.05) is 15.7 Å². The molecular weight excluding hydrogens is 440 g/mol. The van der Waals surface area contributed by atoms with Gasteiger partial charge >= 0.3 is 0 Å². The number of anilines is 2. The molecule has 3 aromatic rings. The molecule has 0 saturated carbocycles. The molecule has 0 saturated heterocycles.